The van der Waals surface area contributed by atoms with E-state index >= 15 is 0 Å². The second kappa shape index (κ2) is 5.69. The molecule has 1 atom stereocenters. The van der Waals surface area contributed by atoms with Crippen molar-refractivity contribution in [3.8, 4) is 0 Å². The molecule has 2 heterocycles. The molecule has 0 saturated carbocycles. The molecule has 0 aliphatic carbocycles. The molecule has 0 amide bonds. The van der Waals surface area contributed by atoms with Gasteiger partial charge in [-0.1, -0.05) is 23.2 Å². The molecule has 0 spiro atoms. The summed E-state index contributed by atoms with van der Waals surface area (Å²) in [6.45, 7) is 2.78. The number of hydrogen-bond acceptors (Lipinski definition) is 3. The van der Waals surface area contributed by atoms with E-state index < -0.39 is 0 Å². The Morgan fingerprint density at radius 3 is 2.67 bits per heavy atom. The normalized spacial score (nSPS) is 12.7. The van der Waals surface area contributed by atoms with Crippen LogP contribution in [0.15, 0.2) is 24.5 Å². The van der Waals surface area contributed by atoms with Crippen molar-refractivity contribution in [2.45, 2.75) is 19.5 Å². The molecule has 2 aromatic heterocycles. The molecular formula is C12H14Cl2N4. The van der Waals surface area contributed by atoms with Crippen molar-refractivity contribution >= 4 is 23.2 Å². The van der Waals surface area contributed by atoms with Crippen LogP contribution in [0.2, 0.25) is 10.0 Å². The van der Waals surface area contributed by atoms with Crippen molar-refractivity contribution in [1.29, 1.82) is 0 Å². The second-order valence-corrected chi connectivity index (χ2v) is 4.66. The third kappa shape index (κ3) is 2.51. The number of nitrogens with one attached hydrogen (secondary N) is 1. The number of pyridine rings is 1. The van der Waals surface area contributed by atoms with Crippen LogP contribution >= 0.6 is 23.2 Å². The summed E-state index contributed by atoms with van der Waals surface area (Å²) in [7, 11) is 1.87. The maximum Gasteiger partial charge on any atom is 0.0934 e. The third-order valence-corrected chi connectivity index (χ3v) is 3.26. The molecule has 0 fully saturated rings. The summed E-state index contributed by atoms with van der Waals surface area (Å²) < 4.78 is 1.86. The van der Waals surface area contributed by atoms with E-state index in [1.165, 1.54) is 0 Å². The molecule has 1 N–H and O–H groups in total. The molecular weight excluding hydrogens is 271 g/mol. The molecule has 96 valence electrons. The minimum absolute atomic E-state index is 0.0998. The maximum absolute atomic E-state index is 6.20. The summed E-state index contributed by atoms with van der Waals surface area (Å²) in [6.07, 6.45) is 3.28. The number of aryl methyl sites for hydroxylation is 1. The highest BCUT2D eigenvalue weighted by atomic mass is 35.5. The van der Waals surface area contributed by atoms with Crippen molar-refractivity contribution in [3.63, 3.8) is 0 Å². The average molecular weight is 285 g/mol. The molecule has 0 saturated heterocycles. The number of rotatable bonds is 4. The van der Waals surface area contributed by atoms with Crippen LogP contribution in [0.25, 0.3) is 0 Å². The van der Waals surface area contributed by atoms with Crippen molar-refractivity contribution < 1.29 is 0 Å². The van der Waals surface area contributed by atoms with E-state index in [0.717, 1.165) is 17.9 Å². The standard InChI is InChI=1S/C12H14Cl2N4/c1-3-18-12(9(14)7-17-18)11(15-2)10-5-4-8(13)6-16-10/h4-7,11,15H,3H2,1-2H3. The van der Waals surface area contributed by atoms with Gasteiger partial charge in [-0.2, -0.15) is 5.10 Å². The number of nitrogens with zero attached hydrogens (tertiary/aromatic N) is 3. The molecule has 0 bridgehead atoms. The number of aromatic nitrogens is 3. The van der Waals surface area contributed by atoms with Gasteiger partial charge in [0, 0.05) is 12.7 Å². The summed E-state index contributed by atoms with van der Waals surface area (Å²) in [4.78, 5) is 4.33. The Balaban J connectivity index is 2.44. The summed E-state index contributed by atoms with van der Waals surface area (Å²) in [5.41, 5.74) is 1.77. The van der Waals surface area contributed by atoms with Gasteiger partial charge in [0.25, 0.3) is 0 Å². The zero-order valence-corrected chi connectivity index (χ0v) is 11.7. The van der Waals surface area contributed by atoms with Gasteiger partial charge in [0.1, 0.15) is 0 Å². The molecule has 0 aliphatic heterocycles. The monoisotopic (exact) mass is 284 g/mol. The van der Waals surface area contributed by atoms with Crippen LogP contribution < -0.4 is 5.32 Å². The van der Waals surface area contributed by atoms with Crippen LogP contribution in [0.4, 0.5) is 0 Å². The molecule has 0 aliphatic rings. The molecule has 0 radical (unpaired) electrons. The minimum atomic E-state index is -0.0998. The lowest BCUT2D eigenvalue weighted by Gasteiger charge is -2.17. The molecule has 2 aromatic rings. The van der Waals surface area contributed by atoms with Crippen LogP contribution in [0, 0.1) is 0 Å². The summed E-state index contributed by atoms with van der Waals surface area (Å²) in [5.74, 6) is 0. The van der Waals surface area contributed by atoms with Crippen LogP contribution in [0.3, 0.4) is 0 Å². The topological polar surface area (TPSA) is 42.7 Å². The van der Waals surface area contributed by atoms with E-state index in [1.807, 2.05) is 30.8 Å². The quantitative estimate of drug-likeness (QED) is 0.939. The van der Waals surface area contributed by atoms with E-state index in [2.05, 4.69) is 15.4 Å². The van der Waals surface area contributed by atoms with Gasteiger partial charge in [0.15, 0.2) is 0 Å². The van der Waals surface area contributed by atoms with Gasteiger partial charge in [0.05, 0.1) is 33.7 Å². The zero-order chi connectivity index (χ0) is 13.1. The molecule has 6 heteroatoms. The van der Waals surface area contributed by atoms with Gasteiger partial charge in [0.2, 0.25) is 0 Å². The Morgan fingerprint density at radius 1 is 1.33 bits per heavy atom. The molecule has 4 nitrogen and oxygen atoms in total. The highest BCUT2D eigenvalue weighted by molar-refractivity contribution is 6.31. The maximum atomic E-state index is 6.20. The lowest BCUT2D eigenvalue weighted by Crippen LogP contribution is -2.22. The molecule has 0 aromatic carbocycles. The molecule has 18 heavy (non-hydrogen) atoms. The minimum Gasteiger partial charge on any atom is -0.307 e. The van der Waals surface area contributed by atoms with Crippen molar-refractivity contribution in [1.82, 2.24) is 20.1 Å². The van der Waals surface area contributed by atoms with Gasteiger partial charge < -0.3 is 5.32 Å². The van der Waals surface area contributed by atoms with Crippen molar-refractivity contribution in [2.75, 3.05) is 7.05 Å². The van der Waals surface area contributed by atoms with Gasteiger partial charge in [-0.3, -0.25) is 9.67 Å². The highest BCUT2D eigenvalue weighted by Crippen LogP contribution is 2.27. The lowest BCUT2D eigenvalue weighted by molar-refractivity contribution is 0.556. The zero-order valence-electron chi connectivity index (χ0n) is 10.2. The van der Waals surface area contributed by atoms with E-state index in [0.29, 0.717) is 10.0 Å². The first-order chi connectivity index (χ1) is 8.67. The van der Waals surface area contributed by atoms with E-state index in [4.69, 9.17) is 23.2 Å². The van der Waals surface area contributed by atoms with Gasteiger partial charge in [-0.15, -0.1) is 0 Å². The fraction of sp³-hybridized carbons (Fsp3) is 0.333. The Kier molecular flexibility index (Phi) is 4.22. The summed E-state index contributed by atoms with van der Waals surface area (Å²) in [5, 5.41) is 8.69. The van der Waals surface area contributed by atoms with Crippen LogP contribution in [-0.2, 0) is 6.54 Å². The summed E-state index contributed by atoms with van der Waals surface area (Å²) >= 11 is 12.0. The van der Waals surface area contributed by atoms with E-state index in [1.54, 1.807) is 12.4 Å². The van der Waals surface area contributed by atoms with Crippen molar-refractivity contribution in [2.24, 2.45) is 0 Å². The largest absolute Gasteiger partial charge is 0.307 e. The smallest absolute Gasteiger partial charge is 0.0934 e. The Hall–Kier alpha value is -1.10. The van der Waals surface area contributed by atoms with Crippen LogP contribution in [0.1, 0.15) is 24.4 Å². The van der Waals surface area contributed by atoms with E-state index in [-0.39, 0.29) is 6.04 Å². The third-order valence-electron chi connectivity index (χ3n) is 2.74. The molecule has 1 unspecified atom stereocenters. The van der Waals surface area contributed by atoms with E-state index in [9.17, 15) is 0 Å². The van der Waals surface area contributed by atoms with Crippen LogP contribution in [0.5, 0.6) is 0 Å². The predicted octanol–water partition coefficient (Wildman–Crippen LogP) is 2.91. The fourth-order valence-electron chi connectivity index (χ4n) is 1.89. The van der Waals surface area contributed by atoms with Crippen LogP contribution in [-0.4, -0.2) is 21.8 Å². The Labute approximate surface area is 116 Å². The second-order valence-electron chi connectivity index (χ2n) is 3.82. The first kappa shape index (κ1) is 13.3. The Bertz CT molecular complexity index is 521. The summed E-state index contributed by atoms with van der Waals surface area (Å²) in [6, 6.07) is 3.60. The highest BCUT2D eigenvalue weighted by Gasteiger charge is 2.21. The number of halogens is 2. The average Bonchev–Trinajstić information content (AvgIpc) is 2.74. The van der Waals surface area contributed by atoms with Gasteiger partial charge in [-0.25, -0.2) is 0 Å². The predicted molar refractivity (Wildman–Crippen MR) is 73.1 cm³/mol. The van der Waals surface area contributed by atoms with Gasteiger partial charge in [-0.05, 0) is 26.1 Å². The Morgan fingerprint density at radius 2 is 2.11 bits per heavy atom. The first-order valence-corrected chi connectivity index (χ1v) is 6.42. The number of hydrogen-bond donors (Lipinski definition) is 1. The SMILES string of the molecule is CCn1ncc(Cl)c1C(NC)c1ccc(Cl)cn1. The fourth-order valence-corrected chi connectivity index (χ4v) is 2.26. The lowest BCUT2D eigenvalue weighted by atomic mass is 10.1. The van der Waals surface area contributed by atoms with Crippen molar-refractivity contribution in [3.05, 3.63) is 46.0 Å². The first-order valence-electron chi connectivity index (χ1n) is 5.67. The molecule has 2 rings (SSSR count). The van der Waals surface area contributed by atoms with Gasteiger partial charge >= 0.3 is 0 Å².